The highest BCUT2D eigenvalue weighted by molar-refractivity contribution is 7.43. The second kappa shape index (κ2) is 11.3. The van der Waals surface area contributed by atoms with Gasteiger partial charge in [0.25, 0.3) is 5.91 Å². The van der Waals surface area contributed by atoms with Gasteiger partial charge in [0.15, 0.2) is 34.5 Å². The first kappa shape index (κ1) is 29.2. The Kier molecular flexibility index (Phi) is 8.26. The third-order valence-corrected chi connectivity index (χ3v) is 6.36. The normalized spacial score (nSPS) is 14.4. The zero-order valence-electron chi connectivity index (χ0n) is 22.3. The van der Waals surface area contributed by atoms with E-state index in [0.717, 1.165) is 16.7 Å². The molecule has 3 heterocycles. The Morgan fingerprint density at radius 1 is 1.05 bits per heavy atom. The van der Waals surface area contributed by atoms with Crippen molar-refractivity contribution < 1.29 is 47.0 Å². The molecule has 40 heavy (non-hydrogen) atoms. The van der Waals surface area contributed by atoms with Crippen molar-refractivity contribution in [3.05, 3.63) is 59.1 Å². The number of anilines is 1. The number of hydrogen-bond donors (Lipinski definition) is 0. The number of carbonyl (C=O) groups is 1. The highest BCUT2D eigenvalue weighted by atomic mass is 31.2. The number of fused-ring (bicyclic) bond motifs is 1. The van der Waals surface area contributed by atoms with Crippen LogP contribution in [0.25, 0.3) is 0 Å². The summed E-state index contributed by atoms with van der Waals surface area (Å²) in [5, 5.41) is 0. The Morgan fingerprint density at radius 3 is 2.33 bits per heavy atom. The predicted molar refractivity (Wildman–Crippen MR) is 134 cm³/mol. The SMILES string of the molecule is COc1cc(Cc2ncc(F)c(Cc3ccc4c(n3)N(COP(=O)([O-])[O-])C(=O)C(C)(C)O4)n2)cc(OC)c1OC. The summed E-state index contributed by atoms with van der Waals surface area (Å²) in [5.41, 5.74) is -0.347. The zero-order chi connectivity index (χ0) is 29.2. The standard InChI is InChI=1S/C25H28FN4O9P/c1-25(2)24(31)30(13-38-40(32,33)34)23-18(39-25)7-6-15(28-23)11-17-16(26)12-27-21(29-17)10-14-8-19(35-3)22(37-5)20(9-14)36-4/h6-9,12H,10-11,13H2,1-5H3,(H2,32,33,34)/p-2. The number of pyridine rings is 1. The maximum Gasteiger partial charge on any atom is 0.273 e. The fourth-order valence-electron chi connectivity index (χ4n) is 4.08. The Labute approximate surface area is 229 Å². The monoisotopic (exact) mass is 576 g/mol. The number of nitrogens with zero attached hydrogens (tertiary/aromatic N) is 4. The molecule has 0 unspecified atom stereocenters. The molecule has 0 saturated heterocycles. The van der Waals surface area contributed by atoms with E-state index in [-0.39, 0.29) is 35.8 Å². The molecule has 0 aliphatic carbocycles. The van der Waals surface area contributed by atoms with Crippen LogP contribution in [-0.4, -0.2) is 54.5 Å². The molecule has 3 aromatic rings. The van der Waals surface area contributed by atoms with Crippen LogP contribution in [0.4, 0.5) is 10.2 Å². The lowest BCUT2D eigenvalue weighted by Crippen LogP contribution is -2.53. The van der Waals surface area contributed by atoms with Crippen LogP contribution in [0.2, 0.25) is 0 Å². The van der Waals surface area contributed by atoms with Crippen LogP contribution in [0, 0.1) is 5.82 Å². The van der Waals surface area contributed by atoms with Gasteiger partial charge in [-0.1, -0.05) is 0 Å². The lowest BCUT2D eigenvalue weighted by atomic mass is 10.1. The summed E-state index contributed by atoms with van der Waals surface area (Å²) in [6.07, 6.45) is 1.16. The first-order valence-electron chi connectivity index (χ1n) is 11.8. The Bertz CT molecular complexity index is 1460. The second-order valence-corrected chi connectivity index (χ2v) is 10.3. The fourth-order valence-corrected chi connectivity index (χ4v) is 4.34. The third-order valence-electron chi connectivity index (χ3n) is 5.92. The van der Waals surface area contributed by atoms with Crippen molar-refractivity contribution in [3.8, 4) is 23.0 Å². The molecule has 0 spiro atoms. The predicted octanol–water partition coefficient (Wildman–Crippen LogP) is 1.52. The van der Waals surface area contributed by atoms with Gasteiger partial charge in [-0.25, -0.2) is 19.3 Å². The Morgan fingerprint density at radius 2 is 1.73 bits per heavy atom. The molecule has 0 atom stereocenters. The van der Waals surface area contributed by atoms with Crippen LogP contribution >= 0.6 is 7.82 Å². The summed E-state index contributed by atoms with van der Waals surface area (Å²) in [5.74, 6) is 0.316. The average Bonchev–Trinajstić information content (AvgIpc) is 2.89. The summed E-state index contributed by atoms with van der Waals surface area (Å²) < 4.78 is 51.9. The number of hydrogen-bond acceptors (Lipinski definition) is 12. The highest BCUT2D eigenvalue weighted by Gasteiger charge is 2.42. The molecular weight excluding hydrogens is 550 g/mol. The molecule has 0 N–H and O–H groups in total. The van der Waals surface area contributed by atoms with Gasteiger partial charge in [-0.05, 0) is 43.7 Å². The molecule has 0 saturated carbocycles. The molecular formula is C25H26FN4O9P-2. The number of phosphoric ester groups is 1. The molecule has 4 rings (SSSR count). The number of rotatable bonds is 10. The van der Waals surface area contributed by atoms with Crippen LogP contribution in [0.1, 0.15) is 36.6 Å². The largest absolute Gasteiger partial charge is 0.790 e. The number of halogens is 1. The maximum atomic E-state index is 14.7. The lowest BCUT2D eigenvalue weighted by molar-refractivity contribution is -0.341. The average molecular weight is 576 g/mol. The number of methoxy groups -OCH3 is 3. The minimum atomic E-state index is -5.39. The smallest absolute Gasteiger partial charge is 0.273 e. The molecule has 0 radical (unpaired) electrons. The van der Waals surface area contributed by atoms with Crippen molar-refractivity contribution in [3.63, 3.8) is 0 Å². The van der Waals surface area contributed by atoms with E-state index >= 15 is 0 Å². The van der Waals surface area contributed by atoms with Gasteiger partial charge >= 0.3 is 0 Å². The van der Waals surface area contributed by atoms with Gasteiger partial charge in [0.2, 0.25) is 5.75 Å². The summed E-state index contributed by atoms with van der Waals surface area (Å²) >= 11 is 0. The van der Waals surface area contributed by atoms with Gasteiger partial charge in [0, 0.05) is 18.5 Å². The number of ether oxygens (including phenoxy) is 4. The van der Waals surface area contributed by atoms with Crippen LogP contribution < -0.4 is 33.6 Å². The summed E-state index contributed by atoms with van der Waals surface area (Å²) in [6.45, 7) is 2.05. The van der Waals surface area contributed by atoms with E-state index in [1.54, 1.807) is 18.2 Å². The van der Waals surface area contributed by atoms with Gasteiger partial charge in [-0.3, -0.25) is 9.69 Å². The number of aromatic nitrogens is 3. The van der Waals surface area contributed by atoms with E-state index in [9.17, 15) is 23.5 Å². The van der Waals surface area contributed by atoms with Crippen LogP contribution in [0.5, 0.6) is 23.0 Å². The van der Waals surface area contributed by atoms with Crippen molar-refractivity contribution >= 4 is 19.5 Å². The second-order valence-electron chi connectivity index (χ2n) is 9.14. The molecule has 13 nitrogen and oxygen atoms in total. The van der Waals surface area contributed by atoms with Crippen molar-refractivity contribution in [1.82, 2.24) is 15.0 Å². The maximum absolute atomic E-state index is 14.7. The molecule has 0 bridgehead atoms. The minimum absolute atomic E-state index is 0.0275. The van der Waals surface area contributed by atoms with E-state index < -0.39 is 31.9 Å². The van der Waals surface area contributed by atoms with Crippen molar-refractivity contribution in [1.29, 1.82) is 0 Å². The van der Waals surface area contributed by atoms with E-state index in [1.165, 1.54) is 41.2 Å². The number of benzene rings is 1. The topological polar surface area (TPSA) is 168 Å². The Balaban J connectivity index is 1.62. The highest BCUT2D eigenvalue weighted by Crippen LogP contribution is 2.39. The summed E-state index contributed by atoms with van der Waals surface area (Å²) in [7, 11) is -0.912. The van der Waals surface area contributed by atoms with Gasteiger partial charge in [-0.15, -0.1) is 0 Å². The molecule has 1 amide bonds. The van der Waals surface area contributed by atoms with Gasteiger partial charge < -0.3 is 37.8 Å². The molecule has 15 heteroatoms. The molecule has 2 aromatic heterocycles. The molecule has 214 valence electrons. The zero-order valence-corrected chi connectivity index (χ0v) is 23.2. The lowest BCUT2D eigenvalue weighted by Gasteiger charge is -2.39. The number of carbonyl (C=O) groups excluding carboxylic acids is 1. The molecule has 1 aliphatic rings. The van der Waals surface area contributed by atoms with Gasteiger partial charge in [0.05, 0.1) is 41.0 Å². The van der Waals surface area contributed by atoms with Crippen molar-refractivity contribution in [2.75, 3.05) is 33.0 Å². The molecule has 1 aliphatic heterocycles. The van der Waals surface area contributed by atoms with Gasteiger partial charge in [0.1, 0.15) is 12.6 Å². The van der Waals surface area contributed by atoms with Crippen LogP contribution in [0.3, 0.4) is 0 Å². The van der Waals surface area contributed by atoms with E-state index in [4.69, 9.17) is 18.9 Å². The number of amides is 1. The van der Waals surface area contributed by atoms with Crippen molar-refractivity contribution in [2.45, 2.75) is 32.3 Å². The third kappa shape index (κ3) is 6.31. The van der Waals surface area contributed by atoms with E-state index in [0.29, 0.717) is 23.1 Å². The minimum Gasteiger partial charge on any atom is -0.790 e. The number of phosphoric acid groups is 1. The fraction of sp³-hybridized carbons (Fsp3) is 0.360. The summed E-state index contributed by atoms with van der Waals surface area (Å²) in [6, 6.07) is 6.52. The first-order chi connectivity index (χ1) is 18.8. The molecule has 1 aromatic carbocycles. The van der Waals surface area contributed by atoms with E-state index in [2.05, 4.69) is 19.5 Å². The Hall–Kier alpha value is -3.84. The van der Waals surface area contributed by atoms with Gasteiger partial charge in [-0.2, -0.15) is 0 Å². The summed E-state index contributed by atoms with van der Waals surface area (Å²) in [4.78, 5) is 48.7. The quantitative estimate of drug-likeness (QED) is 0.320. The van der Waals surface area contributed by atoms with Crippen molar-refractivity contribution in [2.24, 2.45) is 0 Å². The van der Waals surface area contributed by atoms with E-state index in [1.807, 2.05) is 0 Å². The van der Waals surface area contributed by atoms with Crippen LogP contribution in [-0.2, 0) is 26.7 Å². The molecule has 0 fully saturated rings. The van der Waals surface area contributed by atoms with Crippen LogP contribution in [0.15, 0.2) is 30.5 Å². The first-order valence-corrected chi connectivity index (χ1v) is 13.3.